The molecule has 2 atom stereocenters. The Bertz CT molecular complexity index is 559. The van der Waals surface area contributed by atoms with E-state index in [1.807, 2.05) is 13.2 Å². The Morgan fingerprint density at radius 3 is 2.71 bits per heavy atom. The molecule has 0 amide bonds. The molecule has 2 aromatic rings. The molecule has 0 bridgehead atoms. The minimum atomic E-state index is -0.0245. The number of anilines is 2. The van der Waals surface area contributed by atoms with Gasteiger partial charge in [0.15, 0.2) is 0 Å². The van der Waals surface area contributed by atoms with Crippen LogP contribution in [-0.4, -0.2) is 54.0 Å². The maximum absolute atomic E-state index is 9.32. The zero-order valence-corrected chi connectivity index (χ0v) is 12.6. The first-order valence-electron chi connectivity index (χ1n) is 6.30. The lowest BCUT2D eigenvalue weighted by atomic mass is 10.2. The van der Waals surface area contributed by atoms with Crippen molar-refractivity contribution in [1.29, 1.82) is 0 Å². The second kappa shape index (κ2) is 7.20. The summed E-state index contributed by atoms with van der Waals surface area (Å²) in [5.41, 5.74) is 2.40. The summed E-state index contributed by atoms with van der Waals surface area (Å²) in [7, 11) is 0. The number of rotatable bonds is 7. The van der Waals surface area contributed by atoms with Crippen LogP contribution in [0, 0.1) is 0 Å². The Hall–Kier alpha value is -1.91. The van der Waals surface area contributed by atoms with E-state index in [0.29, 0.717) is 11.9 Å². The fourth-order valence-corrected chi connectivity index (χ4v) is 2.34. The molecular weight excluding hydrogens is 292 g/mol. The SMILES string of the molecule is CSC(CO)C(C)Nc1nc(NN)nc(-n2cccn2)n1. The summed E-state index contributed by atoms with van der Waals surface area (Å²) >= 11 is 1.57. The highest BCUT2D eigenvalue weighted by Crippen LogP contribution is 2.15. The molecule has 21 heavy (non-hydrogen) atoms. The second-order valence-corrected chi connectivity index (χ2v) is 5.34. The summed E-state index contributed by atoms with van der Waals surface area (Å²) in [6.07, 6.45) is 5.29. The lowest BCUT2D eigenvalue weighted by Crippen LogP contribution is -2.32. The topological polar surface area (TPSA) is 127 Å². The van der Waals surface area contributed by atoms with Gasteiger partial charge in [-0.1, -0.05) is 0 Å². The molecule has 0 saturated carbocycles. The standard InChI is InChI=1S/C11H18N8OS/c1-7(8(6-20)21-2)14-9-15-10(18-12)17-11(16-9)19-5-3-4-13-19/h3-5,7-8,20H,6,12H2,1-2H3,(H2,14,15,16,17,18). The molecule has 2 unspecified atom stereocenters. The highest BCUT2D eigenvalue weighted by molar-refractivity contribution is 7.99. The maximum Gasteiger partial charge on any atom is 0.257 e. The van der Waals surface area contributed by atoms with Crippen molar-refractivity contribution in [2.45, 2.75) is 18.2 Å². The molecule has 10 heteroatoms. The van der Waals surface area contributed by atoms with Crippen molar-refractivity contribution < 1.29 is 5.11 Å². The fourth-order valence-electron chi connectivity index (χ4n) is 1.72. The predicted octanol–water partition coefficient (Wildman–Crippen LogP) is -0.133. The number of nitrogen functional groups attached to an aromatic ring is 1. The second-order valence-electron chi connectivity index (χ2n) is 4.27. The molecule has 2 heterocycles. The number of hydrogen-bond donors (Lipinski definition) is 4. The zero-order chi connectivity index (χ0) is 15.2. The molecule has 5 N–H and O–H groups in total. The van der Waals surface area contributed by atoms with E-state index in [1.165, 1.54) is 4.68 Å². The van der Waals surface area contributed by atoms with Crippen LogP contribution in [0.2, 0.25) is 0 Å². The van der Waals surface area contributed by atoms with Crippen LogP contribution in [0.3, 0.4) is 0 Å². The number of nitrogens with two attached hydrogens (primary N) is 1. The molecule has 2 aromatic heterocycles. The van der Waals surface area contributed by atoms with Crippen LogP contribution in [0.15, 0.2) is 18.5 Å². The van der Waals surface area contributed by atoms with E-state index in [9.17, 15) is 5.11 Å². The van der Waals surface area contributed by atoms with E-state index in [4.69, 9.17) is 5.84 Å². The lowest BCUT2D eigenvalue weighted by Gasteiger charge is -2.21. The number of nitrogens with one attached hydrogen (secondary N) is 2. The van der Waals surface area contributed by atoms with Crippen LogP contribution in [0.1, 0.15) is 6.92 Å². The van der Waals surface area contributed by atoms with Crippen LogP contribution < -0.4 is 16.6 Å². The Labute approximate surface area is 126 Å². The normalized spacial score (nSPS) is 13.7. The summed E-state index contributed by atoms with van der Waals surface area (Å²) in [6, 6.07) is 1.74. The molecule has 9 nitrogen and oxygen atoms in total. The summed E-state index contributed by atoms with van der Waals surface area (Å²) in [4.78, 5) is 12.6. The number of nitrogens with zero attached hydrogens (tertiary/aromatic N) is 5. The fraction of sp³-hybridized carbons (Fsp3) is 0.455. The van der Waals surface area contributed by atoms with Crippen molar-refractivity contribution in [3.8, 4) is 5.95 Å². The van der Waals surface area contributed by atoms with Gasteiger partial charge in [0.1, 0.15) is 0 Å². The van der Waals surface area contributed by atoms with Gasteiger partial charge < -0.3 is 10.4 Å². The summed E-state index contributed by atoms with van der Waals surface area (Å²) in [5.74, 6) is 6.32. The Morgan fingerprint density at radius 2 is 2.14 bits per heavy atom. The molecular formula is C11H18N8OS. The summed E-state index contributed by atoms with van der Waals surface area (Å²) < 4.78 is 1.51. The van der Waals surface area contributed by atoms with Crippen molar-refractivity contribution in [3.63, 3.8) is 0 Å². The molecule has 0 saturated heterocycles. The van der Waals surface area contributed by atoms with Crippen molar-refractivity contribution in [2.75, 3.05) is 23.6 Å². The van der Waals surface area contributed by atoms with Gasteiger partial charge in [0.25, 0.3) is 5.95 Å². The van der Waals surface area contributed by atoms with E-state index in [1.54, 1.807) is 30.2 Å². The van der Waals surface area contributed by atoms with Crippen molar-refractivity contribution in [2.24, 2.45) is 5.84 Å². The third-order valence-corrected chi connectivity index (χ3v) is 4.02. The third kappa shape index (κ3) is 3.80. The Kier molecular flexibility index (Phi) is 5.31. The highest BCUT2D eigenvalue weighted by Gasteiger charge is 2.17. The molecule has 114 valence electrons. The molecule has 0 aliphatic heterocycles. The monoisotopic (exact) mass is 310 g/mol. The maximum atomic E-state index is 9.32. The van der Waals surface area contributed by atoms with Gasteiger partial charge in [-0.25, -0.2) is 10.5 Å². The highest BCUT2D eigenvalue weighted by atomic mass is 32.2. The molecule has 0 spiro atoms. The lowest BCUT2D eigenvalue weighted by molar-refractivity contribution is 0.288. The van der Waals surface area contributed by atoms with E-state index >= 15 is 0 Å². The van der Waals surface area contributed by atoms with Gasteiger partial charge in [0.2, 0.25) is 11.9 Å². The van der Waals surface area contributed by atoms with Crippen LogP contribution in [0.25, 0.3) is 5.95 Å². The van der Waals surface area contributed by atoms with Crippen molar-refractivity contribution >= 4 is 23.7 Å². The Balaban J connectivity index is 2.25. The van der Waals surface area contributed by atoms with Gasteiger partial charge in [-0.2, -0.15) is 31.8 Å². The molecule has 0 aliphatic carbocycles. The number of aliphatic hydroxyl groups is 1. The van der Waals surface area contributed by atoms with Gasteiger partial charge in [-0.15, -0.1) is 0 Å². The van der Waals surface area contributed by atoms with Crippen LogP contribution >= 0.6 is 11.8 Å². The number of aliphatic hydroxyl groups excluding tert-OH is 1. The van der Waals surface area contributed by atoms with E-state index in [-0.39, 0.29) is 23.8 Å². The number of hydrazine groups is 1. The first-order chi connectivity index (χ1) is 10.2. The van der Waals surface area contributed by atoms with Crippen LogP contribution in [0.5, 0.6) is 0 Å². The largest absolute Gasteiger partial charge is 0.395 e. The molecule has 0 aliphatic rings. The smallest absolute Gasteiger partial charge is 0.257 e. The van der Waals surface area contributed by atoms with Crippen molar-refractivity contribution in [3.05, 3.63) is 18.5 Å². The number of aromatic nitrogens is 5. The number of hydrogen-bond acceptors (Lipinski definition) is 9. The molecule has 2 rings (SSSR count). The van der Waals surface area contributed by atoms with Gasteiger partial charge in [0.05, 0.1) is 6.61 Å². The van der Waals surface area contributed by atoms with E-state index in [2.05, 4.69) is 30.8 Å². The molecule has 0 aromatic carbocycles. The predicted molar refractivity (Wildman–Crippen MR) is 82.2 cm³/mol. The zero-order valence-electron chi connectivity index (χ0n) is 11.8. The van der Waals surface area contributed by atoms with Crippen LogP contribution in [0.4, 0.5) is 11.9 Å². The minimum Gasteiger partial charge on any atom is -0.395 e. The minimum absolute atomic E-state index is 0.0245. The molecule has 0 radical (unpaired) electrons. The van der Waals surface area contributed by atoms with Gasteiger partial charge in [-0.05, 0) is 19.2 Å². The first-order valence-corrected chi connectivity index (χ1v) is 7.59. The third-order valence-electron chi connectivity index (χ3n) is 2.86. The first kappa shape index (κ1) is 15.5. The quantitative estimate of drug-likeness (QED) is 0.408. The number of thioether (sulfide) groups is 1. The summed E-state index contributed by atoms with van der Waals surface area (Å²) in [5, 5.41) is 16.6. The van der Waals surface area contributed by atoms with E-state index < -0.39 is 0 Å². The average Bonchev–Trinajstić information content (AvgIpc) is 3.02. The average molecular weight is 310 g/mol. The Morgan fingerprint density at radius 1 is 1.38 bits per heavy atom. The van der Waals surface area contributed by atoms with Crippen LogP contribution in [-0.2, 0) is 0 Å². The summed E-state index contributed by atoms with van der Waals surface area (Å²) in [6.45, 7) is 2.01. The van der Waals surface area contributed by atoms with Crippen molar-refractivity contribution in [1.82, 2.24) is 24.7 Å². The van der Waals surface area contributed by atoms with Gasteiger partial charge in [0, 0.05) is 23.7 Å². The van der Waals surface area contributed by atoms with Gasteiger partial charge in [-0.3, -0.25) is 5.43 Å². The van der Waals surface area contributed by atoms with Gasteiger partial charge >= 0.3 is 0 Å². The van der Waals surface area contributed by atoms with E-state index in [0.717, 1.165) is 0 Å². The molecule has 0 fully saturated rings.